The Balaban J connectivity index is 0. The van der Waals surface area contributed by atoms with Gasteiger partial charge in [-0.25, -0.2) is 0 Å². The summed E-state index contributed by atoms with van der Waals surface area (Å²) in [4.78, 5) is 22.7. The van der Waals surface area contributed by atoms with Gasteiger partial charge in [0, 0.05) is 6.42 Å². The van der Waals surface area contributed by atoms with Gasteiger partial charge in [0.1, 0.15) is 5.75 Å². The fourth-order valence-corrected chi connectivity index (χ4v) is 1.90. The predicted octanol–water partition coefficient (Wildman–Crippen LogP) is 0.142. The number of nitrogens with two attached hydrogens (primary N) is 1. The van der Waals surface area contributed by atoms with Crippen molar-refractivity contribution < 1.29 is 50.0 Å². The topological polar surface area (TPSA) is 78.6 Å². The summed E-state index contributed by atoms with van der Waals surface area (Å²) in [5.74, 6) is -0.545. The first-order valence-corrected chi connectivity index (χ1v) is 7.32. The fourth-order valence-electron chi connectivity index (χ4n) is 1.90. The number of esters is 1. The van der Waals surface area contributed by atoms with Crippen LogP contribution >= 0.6 is 0 Å². The summed E-state index contributed by atoms with van der Waals surface area (Å²) in [6, 6.07) is 6.58. The molecule has 0 unspecified atom stereocenters. The van der Waals surface area contributed by atoms with Gasteiger partial charge in [-0.2, -0.15) is 0 Å². The number of hydrogen-bond acceptors (Lipinski definition) is 4. The maximum atomic E-state index is 11.5. The van der Waals surface area contributed by atoms with Crippen molar-refractivity contribution in [3.05, 3.63) is 29.8 Å². The van der Waals surface area contributed by atoms with Crippen molar-refractivity contribution >= 4 is 11.9 Å². The van der Waals surface area contributed by atoms with Crippen LogP contribution in [0.3, 0.4) is 0 Å². The number of amides is 1. The number of para-hydroxylation sites is 1. The van der Waals surface area contributed by atoms with Crippen LogP contribution in [0.15, 0.2) is 24.3 Å². The molecule has 1 rings (SSSR count). The van der Waals surface area contributed by atoms with Gasteiger partial charge >= 0.3 is 35.5 Å². The molecule has 6 heteroatoms. The largest absolute Gasteiger partial charge is 1.00 e. The second-order valence-corrected chi connectivity index (χ2v) is 4.80. The van der Waals surface area contributed by atoms with Crippen molar-refractivity contribution in [2.45, 2.75) is 45.4 Å². The first kappa shape index (κ1) is 21.0. The summed E-state index contributed by atoms with van der Waals surface area (Å²) in [6.07, 6.45) is 5.78. The third kappa shape index (κ3) is 8.41. The van der Waals surface area contributed by atoms with Crippen LogP contribution in [0.25, 0.3) is 0 Å². The SMILES string of the molecule is CCCCCCCC(=O)OCOc1ccccc1C(N)=O.[H-].[Na+]. The average Bonchev–Trinajstić information content (AvgIpc) is 2.47. The molecule has 0 aliphatic heterocycles. The van der Waals surface area contributed by atoms with Crippen molar-refractivity contribution in [3.63, 3.8) is 0 Å². The number of primary amides is 1. The molecule has 1 amide bonds. The maximum Gasteiger partial charge on any atom is 1.00 e. The summed E-state index contributed by atoms with van der Waals surface area (Å²) in [6.45, 7) is 1.94. The summed E-state index contributed by atoms with van der Waals surface area (Å²) in [5, 5.41) is 0. The molecule has 0 radical (unpaired) electrons. The Bertz CT molecular complexity index is 471. The summed E-state index contributed by atoms with van der Waals surface area (Å²) in [5.41, 5.74) is 5.50. The number of carbonyl (C=O) groups excluding carboxylic acids is 2. The zero-order valence-electron chi connectivity index (χ0n) is 14.5. The van der Waals surface area contributed by atoms with Gasteiger partial charge in [-0.05, 0) is 18.6 Å². The molecule has 0 heterocycles. The van der Waals surface area contributed by atoms with Crippen molar-refractivity contribution in [1.29, 1.82) is 0 Å². The minimum Gasteiger partial charge on any atom is -1.00 e. The predicted molar refractivity (Wildman–Crippen MR) is 81.0 cm³/mol. The van der Waals surface area contributed by atoms with Crippen molar-refractivity contribution in [3.8, 4) is 5.75 Å². The average molecular weight is 317 g/mol. The van der Waals surface area contributed by atoms with E-state index in [2.05, 4.69) is 6.92 Å². The number of benzene rings is 1. The second-order valence-electron chi connectivity index (χ2n) is 4.80. The summed E-state index contributed by atoms with van der Waals surface area (Å²) < 4.78 is 10.2. The molecule has 118 valence electrons. The molecule has 0 atom stereocenters. The van der Waals surface area contributed by atoms with Crippen LogP contribution in [0.4, 0.5) is 0 Å². The Morgan fingerprint density at radius 2 is 1.82 bits per heavy atom. The molecule has 0 aromatic heterocycles. The van der Waals surface area contributed by atoms with Gasteiger partial charge in [0.15, 0.2) is 0 Å². The Morgan fingerprint density at radius 1 is 1.14 bits per heavy atom. The zero-order chi connectivity index (χ0) is 15.5. The van der Waals surface area contributed by atoms with E-state index in [-0.39, 0.29) is 49.3 Å². The molecule has 1 aromatic carbocycles. The molecule has 0 saturated carbocycles. The van der Waals surface area contributed by atoms with Gasteiger partial charge in [0.25, 0.3) is 5.91 Å². The molecule has 0 saturated heterocycles. The van der Waals surface area contributed by atoms with Crippen LogP contribution in [0.2, 0.25) is 0 Å². The maximum absolute atomic E-state index is 11.5. The molecule has 0 spiro atoms. The van der Waals surface area contributed by atoms with E-state index in [1.807, 2.05) is 0 Å². The van der Waals surface area contributed by atoms with Gasteiger partial charge in [0.05, 0.1) is 5.56 Å². The van der Waals surface area contributed by atoms with E-state index in [1.54, 1.807) is 24.3 Å². The van der Waals surface area contributed by atoms with E-state index in [1.165, 1.54) is 12.8 Å². The molecule has 22 heavy (non-hydrogen) atoms. The Kier molecular flexibility index (Phi) is 11.9. The fraction of sp³-hybridized carbons (Fsp3) is 0.500. The molecule has 0 bridgehead atoms. The molecular formula is C16H24NNaO4. The van der Waals surface area contributed by atoms with Crippen LogP contribution in [0.1, 0.15) is 57.2 Å². The third-order valence-corrected chi connectivity index (χ3v) is 3.07. The number of hydrogen-bond donors (Lipinski definition) is 1. The van der Waals surface area contributed by atoms with E-state index >= 15 is 0 Å². The standard InChI is InChI=1S/C16H23NO4.Na.H/c1-2-3-4-5-6-11-15(18)21-12-20-14-10-8-7-9-13(14)16(17)19;;/h7-10H,2-6,11-12H2,1H3,(H2,17,19);;/q;+1;-1. The van der Waals surface area contributed by atoms with Crippen molar-refractivity contribution in [2.75, 3.05) is 6.79 Å². The molecule has 0 aliphatic carbocycles. The van der Waals surface area contributed by atoms with Crippen molar-refractivity contribution in [2.24, 2.45) is 5.73 Å². The van der Waals surface area contributed by atoms with Gasteiger partial charge in [-0.3, -0.25) is 9.59 Å². The van der Waals surface area contributed by atoms with E-state index in [4.69, 9.17) is 15.2 Å². The minimum atomic E-state index is -0.576. The molecule has 0 fully saturated rings. The minimum absolute atomic E-state index is 0. The van der Waals surface area contributed by atoms with Crippen LogP contribution < -0.4 is 40.0 Å². The third-order valence-electron chi connectivity index (χ3n) is 3.07. The van der Waals surface area contributed by atoms with Gasteiger partial charge in [0.2, 0.25) is 6.79 Å². The Labute approximate surface area is 155 Å². The first-order valence-electron chi connectivity index (χ1n) is 7.32. The van der Waals surface area contributed by atoms with Crippen molar-refractivity contribution in [1.82, 2.24) is 0 Å². The zero-order valence-corrected chi connectivity index (χ0v) is 15.5. The number of carbonyl (C=O) groups is 2. The first-order chi connectivity index (χ1) is 10.1. The van der Waals surface area contributed by atoms with Gasteiger partial charge in [-0.1, -0.05) is 44.7 Å². The number of rotatable bonds is 10. The van der Waals surface area contributed by atoms with E-state index in [0.717, 1.165) is 19.3 Å². The second kappa shape index (κ2) is 12.5. The Morgan fingerprint density at radius 3 is 2.50 bits per heavy atom. The summed E-state index contributed by atoms with van der Waals surface area (Å²) >= 11 is 0. The number of unbranched alkanes of at least 4 members (excludes halogenated alkanes) is 4. The van der Waals surface area contributed by atoms with Crippen LogP contribution in [-0.2, 0) is 9.53 Å². The van der Waals surface area contributed by atoms with Crippen LogP contribution in [0, 0.1) is 0 Å². The monoisotopic (exact) mass is 317 g/mol. The van der Waals surface area contributed by atoms with E-state index < -0.39 is 5.91 Å². The van der Waals surface area contributed by atoms with E-state index in [9.17, 15) is 9.59 Å². The van der Waals surface area contributed by atoms with Gasteiger partial charge in [-0.15, -0.1) is 0 Å². The number of ether oxygens (including phenoxy) is 2. The van der Waals surface area contributed by atoms with Gasteiger partial charge < -0.3 is 16.6 Å². The summed E-state index contributed by atoms with van der Waals surface area (Å²) in [7, 11) is 0. The quantitative estimate of drug-likeness (QED) is 0.288. The molecule has 0 aliphatic rings. The molecular weight excluding hydrogens is 293 g/mol. The molecule has 1 aromatic rings. The molecule has 2 N–H and O–H groups in total. The molecule has 5 nitrogen and oxygen atoms in total. The Hall–Kier alpha value is -1.04. The van der Waals surface area contributed by atoms with E-state index in [0.29, 0.717) is 12.2 Å². The van der Waals surface area contributed by atoms with Crippen LogP contribution in [-0.4, -0.2) is 18.7 Å². The van der Waals surface area contributed by atoms with Crippen LogP contribution in [0.5, 0.6) is 5.75 Å². The smallest absolute Gasteiger partial charge is 1.00 e. The normalized spacial score (nSPS) is 9.68.